The standard InChI is InChI=1S/C21H24N4O3/c1-13-17(4-3-5-18(13)25-21(28)15-6-7-15)23-12-19(26)24-16-10-8-14(9-11-16)20(27)22-2/h3-5,8-11,15,23H,6-7,12H2,1-2H3,(H,22,27)(H,24,26)(H,25,28). The van der Waals surface area contributed by atoms with Gasteiger partial charge >= 0.3 is 0 Å². The zero-order valence-corrected chi connectivity index (χ0v) is 16.0. The van der Waals surface area contributed by atoms with Gasteiger partial charge in [-0.2, -0.15) is 0 Å². The molecule has 4 N–H and O–H groups in total. The molecule has 0 aliphatic heterocycles. The van der Waals surface area contributed by atoms with E-state index in [1.54, 1.807) is 31.3 Å². The van der Waals surface area contributed by atoms with Crippen molar-refractivity contribution in [2.75, 3.05) is 29.5 Å². The molecule has 2 aromatic carbocycles. The van der Waals surface area contributed by atoms with Crippen LogP contribution in [0, 0.1) is 12.8 Å². The van der Waals surface area contributed by atoms with Gasteiger partial charge in [0.2, 0.25) is 11.8 Å². The van der Waals surface area contributed by atoms with Gasteiger partial charge in [-0.3, -0.25) is 14.4 Å². The summed E-state index contributed by atoms with van der Waals surface area (Å²) in [5.74, 6) is -0.196. The third-order valence-electron chi connectivity index (χ3n) is 4.64. The zero-order chi connectivity index (χ0) is 20.1. The number of benzene rings is 2. The van der Waals surface area contributed by atoms with E-state index in [0.717, 1.165) is 29.8 Å². The van der Waals surface area contributed by atoms with E-state index >= 15 is 0 Å². The molecule has 28 heavy (non-hydrogen) atoms. The fraction of sp³-hybridized carbons (Fsp3) is 0.286. The normalized spacial score (nSPS) is 12.8. The lowest BCUT2D eigenvalue weighted by Gasteiger charge is -2.14. The largest absolute Gasteiger partial charge is 0.376 e. The quantitative estimate of drug-likeness (QED) is 0.593. The maximum absolute atomic E-state index is 12.2. The number of hydrogen-bond acceptors (Lipinski definition) is 4. The second kappa shape index (κ2) is 8.56. The van der Waals surface area contributed by atoms with Gasteiger partial charge in [-0.25, -0.2) is 0 Å². The van der Waals surface area contributed by atoms with E-state index in [1.807, 2.05) is 25.1 Å². The van der Waals surface area contributed by atoms with Crippen molar-refractivity contribution in [3.63, 3.8) is 0 Å². The summed E-state index contributed by atoms with van der Waals surface area (Å²) in [4.78, 5) is 35.7. The minimum Gasteiger partial charge on any atom is -0.376 e. The van der Waals surface area contributed by atoms with Gasteiger partial charge in [0.25, 0.3) is 5.91 Å². The lowest BCUT2D eigenvalue weighted by atomic mass is 10.1. The van der Waals surface area contributed by atoms with Crippen LogP contribution >= 0.6 is 0 Å². The highest BCUT2D eigenvalue weighted by atomic mass is 16.2. The summed E-state index contributed by atoms with van der Waals surface area (Å²) in [6, 6.07) is 12.2. The highest BCUT2D eigenvalue weighted by Crippen LogP contribution is 2.31. The molecule has 3 amide bonds. The molecule has 0 radical (unpaired) electrons. The van der Waals surface area contributed by atoms with Crippen molar-refractivity contribution in [3.05, 3.63) is 53.6 Å². The summed E-state index contributed by atoms with van der Waals surface area (Å²) in [5.41, 5.74) is 3.57. The van der Waals surface area contributed by atoms with Crippen molar-refractivity contribution in [1.29, 1.82) is 0 Å². The average molecular weight is 380 g/mol. The molecule has 0 heterocycles. The third-order valence-corrected chi connectivity index (χ3v) is 4.64. The monoisotopic (exact) mass is 380 g/mol. The van der Waals surface area contributed by atoms with Crippen LogP contribution in [0.25, 0.3) is 0 Å². The van der Waals surface area contributed by atoms with Gasteiger partial charge in [0.1, 0.15) is 0 Å². The smallest absolute Gasteiger partial charge is 0.251 e. The van der Waals surface area contributed by atoms with Gasteiger partial charge in [-0.05, 0) is 61.7 Å². The van der Waals surface area contributed by atoms with Gasteiger partial charge in [0.15, 0.2) is 0 Å². The van der Waals surface area contributed by atoms with E-state index in [2.05, 4.69) is 21.3 Å². The lowest BCUT2D eigenvalue weighted by Crippen LogP contribution is -2.22. The molecule has 1 fully saturated rings. The van der Waals surface area contributed by atoms with Crippen LogP contribution in [-0.2, 0) is 9.59 Å². The highest BCUT2D eigenvalue weighted by Gasteiger charge is 2.29. The Hall–Kier alpha value is -3.35. The van der Waals surface area contributed by atoms with Crippen LogP contribution < -0.4 is 21.3 Å². The molecule has 2 aromatic rings. The maximum Gasteiger partial charge on any atom is 0.251 e. The van der Waals surface area contributed by atoms with Crippen molar-refractivity contribution in [1.82, 2.24) is 5.32 Å². The second-order valence-electron chi connectivity index (χ2n) is 6.80. The fourth-order valence-corrected chi connectivity index (χ4v) is 2.77. The lowest BCUT2D eigenvalue weighted by molar-refractivity contribution is -0.117. The molecule has 0 saturated heterocycles. The van der Waals surface area contributed by atoms with Crippen molar-refractivity contribution >= 4 is 34.8 Å². The van der Waals surface area contributed by atoms with Crippen LogP contribution in [-0.4, -0.2) is 31.3 Å². The molecule has 146 valence electrons. The Kier molecular flexibility index (Phi) is 5.93. The number of nitrogens with one attached hydrogen (secondary N) is 4. The second-order valence-corrected chi connectivity index (χ2v) is 6.80. The van der Waals surface area contributed by atoms with Gasteiger partial charge in [0, 0.05) is 35.6 Å². The van der Waals surface area contributed by atoms with E-state index in [9.17, 15) is 14.4 Å². The maximum atomic E-state index is 12.2. The van der Waals surface area contributed by atoms with Crippen molar-refractivity contribution in [2.24, 2.45) is 5.92 Å². The first-order chi connectivity index (χ1) is 13.5. The zero-order valence-electron chi connectivity index (χ0n) is 16.0. The first-order valence-electron chi connectivity index (χ1n) is 9.24. The Morgan fingerprint density at radius 3 is 2.29 bits per heavy atom. The molecule has 0 unspecified atom stereocenters. The van der Waals surface area contributed by atoms with Gasteiger partial charge in [-0.1, -0.05) is 6.07 Å². The Labute approximate surface area is 163 Å². The van der Waals surface area contributed by atoms with Crippen LogP contribution in [0.15, 0.2) is 42.5 Å². The molecule has 1 aliphatic rings. The minimum absolute atomic E-state index is 0.0539. The van der Waals surface area contributed by atoms with Gasteiger partial charge in [0.05, 0.1) is 6.54 Å². The number of anilines is 3. The topological polar surface area (TPSA) is 99.3 Å². The Morgan fingerprint density at radius 1 is 0.964 bits per heavy atom. The summed E-state index contributed by atoms with van der Waals surface area (Å²) in [5, 5.41) is 11.4. The summed E-state index contributed by atoms with van der Waals surface area (Å²) in [6.45, 7) is 1.98. The SMILES string of the molecule is CNC(=O)c1ccc(NC(=O)CNc2cccc(NC(=O)C3CC3)c2C)cc1. The first-order valence-corrected chi connectivity index (χ1v) is 9.24. The van der Waals surface area contributed by atoms with Crippen molar-refractivity contribution < 1.29 is 14.4 Å². The minimum atomic E-state index is -0.209. The summed E-state index contributed by atoms with van der Waals surface area (Å²) in [7, 11) is 1.57. The molecule has 7 nitrogen and oxygen atoms in total. The third kappa shape index (κ3) is 4.88. The summed E-state index contributed by atoms with van der Waals surface area (Å²) >= 11 is 0. The average Bonchev–Trinajstić information content (AvgIpc) is 3.54. The number of rotatable bonds is 7. The predicted molar refractivity (Wildman–Crippen MR) is 109 cm³/mol. The molecular weight excluding hydrogens is 356 g/mol. The molecule has 1 saturated carbocycles. The number of carbonyl (C=O) groups is 3. The molecular formula is C21H24N4O3. The number of amides is 3. The predicted octanol–water partition coefficient (Wildman–Crippen LogP) is 2.75. The van der Waals surface area contributed by atoms with Crippen molar-refractivity contribution in [2.45, 2.75) is 19.8 Å². The molecule has 0 bridgehead atoms. The molecule has 1 aliphatic carbocycles. The van der Waals surface area contributed by atoms with Crippen LogP contribution in [0.5, 0.6) is 0 Å². The summed E-state index contributed by atoms with van der Waals surface area (Å²) < 4.78 is 0. The highest BCUT2D eigenvalue weighted by molar-refractivity contribution is 5.97. The van der Waals surface area contributed by atoms with Crippen LogP contribution in [0.1, 0.15) is 28.8 Å². The Balaban J connectivity index is 1.55. The van der Waals surface area contributed by atoms with Crippen LogP contribution in [0.4, 0.5) is 17.1 Å². The van der Waals surface area contributed by atoms with E-state index in [0.29, 0.717) is 11.3 Å². The van der Waals surface area contributed by atoms with E-state index in [1.165, 1.54) is 0 Å². The molecule has 0 aromatic heterocycles. The van der Waals surface area contributed by atoms with Crippen LogP contribution in [0.3, 0.4) is 0 Å². The molecule has 3 rings (SSSR count). The Morgan fingerprint density at radius 2 is 1.64 bits per heavy atom. The molecule has 7 heteroatoms. The van der Waals surface area contributed by atoms with Gasteiger partial charge in [-0.15, -0.1) is 0 Å². The molecule has 0 spiro atoms. The van der Waals surface area contributed by atoms with Gasteiger partial charge < -0.3 is 21.3 Å². The Bertz CT molecular complexity index is 889. The number of hydrogen-bond donors (Lipinski definition) is 4. The van der Waals surface area contributed by atoms with E-state index in [4.69, 9.17) is 0 Å². The fourth-order valence-electron chi connectivity index (χ4n) is 2.77. The van der Waals surface area contributed by atoms with E-state index < -0.39 is 0 Å². The molecule has 0 atom stereocenters. The van der Waals surface area contributed by atoms with Crippen molar-refractivity contribution in [3.8, 4) is 0 Å². The summed E-state index contributed by atoms with van der Waals surface area (Å²) in [6.07, 6.45) is 1.90. The van der Waals surface area contributed by atoms with Crippen LogP contribution in [0.2, 0.25) is 0 Å². The number of carbonyl (C=O) groups excluding carboxylic acids is 3. The first kappa shape index (κ1) is 19.4. The van der Waals surface area contributed by atoms with E-state index in [-0.39, 0.29) is 30.2 Å².